The van der Waals surface area contributed by atoms with Crippen LogP contribution in [0.5, 0.6) is 0 Å². The van der Waals surface area contributed by atoms with Crippen LogP contribution in [0.25, 0.3) is 16.6 Å². The maximum absolute atomic E-state index is 6.16. The molecule has 0 saturated carbocycles. The van der Waals surface area contributed by atoms with E-state index in [2.05, 4.69) is 26.0 Å². The quantitative estimate of drug-likeness (QED) is 0.684. The van der Waals surface area contributed by atoms with Crippen LogP contribution in [-0.4, -0.2) is 14.8 Å². The molecule has 0 N–H and O–H groups in total. The van der Waals surface area contributed by atoms with Crippen molar-refractivity contribution >= 4 is 38.4 Å². The smallest absolute Gasteiger partial charge is 0.0936 e. The molecule has 0 amide bonds. The Kier molecular flexibility index (Phi) is 2.61. The highest BCUT2D eigenvalue weighted by atomic mass is 79.9. The Bertz CT molecular complexity index is 693. The third kappa shape index (κ3) is 1.73. The Labute approximate surface area is 111 Å². The molecule has 3 aromatic rings. The maximum atomic E-state index is 6.16. The van der Waals surface area contributed by atoms with E-state index in [0.717, 1.165) is 21.1 Å². The molecule has 0 aliphatic heterocycles. The Balaban J connectivity index is 2.33. The molecule has 0 fully saturated rings. The standard InChI is InChI=1S/C12H7BrClN3/c13-9-6-15-7-12-8(9)5-16-17(12)11-4-2-1-3-10(11)14/h1-7H. The van der Waals surface area contributed by atoms with E-state index in [-0.39, 0.29) is 0 Å². The monoisotopic (exact) mass is 307 g/mol. The second-order valence-electron chi connectivity index (χ2n) is 3.56. The van der Waals surface area contributed by atoms with Gasteiger partial charge in [-0.1, -0.05) is 23.7 Å². The van der Waals surface area contributed by atoms with E-state index in [0.29, 0.717) is 5.02 Å². The molecule has 0 saturated heterocycles. The lowest BCUT2D eigenvalue weighted by molar-refractivity contribution is 0.909. The minimum atomic E-state index is 0.664. The van der Waals surface area contributed by atoms with E-state index in [4.69, 9.17) is 11.6 Å². The summed E-state index contributed by atoms with van der Waals surface area (Å²) >= 11 is 9.62. The van der Waals surface area contributed by atoms with Crippen molar-refractivity contribution < 1.29 is 0 Å². The van der Waals surface area contributed by atoms with Crippen molar-refractivity contribution in [3.8, 4) is 5.69 Å². The van der Waals surface area contributed by atoms with Gasteiger partial charge in [-0.25, -0.2) is 4.68 Å². The lowest BCUT2D eigenvalue weighted by Gasteiger charge is -2.05. The second kappa shape index (κ2) is 4.13. The summed E-state index contributed by atoms with van der Waals surface area (Å²) < 4.78 is 2.71. The highest BCUT2D eigenvalue weighted by Crippen LogP contribution is 2.27. The molecule has 5 heteroatoms. The van der Waals surface area contributed by atoms with Gasteiger partial charge >= 0.3 is 0 Å². The summed E-state index contributed by atoms with van der Waals surface area (Å²) in [6.45, 7) is 0. The minimum Gasteiger partial charge on any atom is -0.261 e. The normalized spacial score (nSPS) is 10.9. The molecule has 17 heavy (non-hydrogen) atoms. The summed E-state index contributed by atoms with van der Waals surface area (Å²) in [6.07, 6.45) is 5.32. The van der Waals surface area contributed by atoms with Crippen LogP contribution in [0.15, 0.2) is 47.3 Å². The van der Waals surface area contributed by atoms with Crippen LogP contribution in [-0.2, 0) is 0 Å². The largest absolute Gasteiger partial charge is 0.261 e. The lowest BCUT2D eigenvalue weighted by atomic mass is 10.3. The van der Waals surface area contributed by atoms with Gasteiger partial charge in [-0.2, -0.15) is 5.10 Å². The molecular formula is C12H7BrClN3. The van der Waals surface area contributed by atoms with Gasteiger partial charge in [0.15, 0.2) is 0 Å². The molecule has 0 radical (unpaired) electrons. The van der Waals surface area contributed by atoms with E-state index in [1.54, 1.807) is 23.3 Å². The number of pyridine rings is 1. The molecule has 0 bridgehead atoms. The van der Waals surface area contributed by atoms with Crippen LogP contribution < -0.4 is 0 Å². The minimum absolute atomic E-state index is 0.664. The first-order chi connectivity index (χ1) is 8.27. The van der Waals surface area contributed by atoms with Gasteiger partial charge in [0.25, 0.3) is 0 Å². The van der Waals surface area contributed by atoms with E-state index in [1.807, 2.05) is 24.3 Å². The number of aromatic nitrogens is 3. The maximum Gasteiger partial charge on any atom is 0.0936 e. The summed E-state index contributed by atoms with van der Waals surface area (Å²) in [7, 11) is 0. The van der Waals surface area contributed by atoms with E-state index in [1.165, 1.54) is 0 Å². The zero-order chi connectivity index (χ0) is 11.8. The number of rotatable bonds is 1. The number of benzene rings is 1. The Morgan fingerprint density at radius 3 is 2.76 bits per heavy atom. The van der Waals surface area contributed by atoms with Crippen LogP contribution in [0.1, 0.15) is 0 Å². The van der Waals surface area contributed by atoms with Crippen LogP contribution in [0.2, 0.25) is 5.02 Å². The van der Waals surface area contributed by atoms with E-state index >= 15 is 0 Å². The molecule has 0 aliphatic rings. The molecule has 3 nitrogen and oxygen atoms in total. The first-order valence-electron chi connectivity index (χ1n) is 4.99. The van der Waals surface area contributed by atoms with Crippen molar-refractivity contribution in [1.82, 2.24) is 14.8 Å². The number of nitrogens with zero attached hydrogens (tertiary/aromatic N) is 3. The molecule has 0 spiro atoms. The summed E-state index contributed by atoms with van der Waals surface area (Å²) in [6, 6.07) is 7.59. The predicted octanol–water partition coefficient (Wildman–Crippen LogP) is 3.84. The fourth-order valence-electron chi connectivity index (χ4n) is 1.72. The zero-order valence-electron chi connectivity index (χ0n) is 8.64. The SMILES string of the molecule is Clc1ccccc1-n1ncc2c(Br)cncc21. The molecule has 0 atom stereocenters. The Hall–Kier alpha value is -1.39. The topological polar surface area (TPSA) is 30.7 Å². The molecule has 0 aliphatic carbocycles. The second-order valence-corrected chi connectivity index (χ2v) is 4.82. The van der Waals surface area contributed by atoms with Gasteiger partial charge in [0.2, 0.25) is 0 Å². The number of hydrogen-bond acceptors (Lipinski definition) is 2. The van der Waals surface area contributed by atoms with Gasteiger partial charge in [-0.3, -0.25) is 4.98 Å². The molecule has 2 heterocycles. The van der Waals surface area contributed by atoms with Crippen molar-refractivity contribution in [3.05, 3.63) is 52.4 Å². The van der Waals surface area contributed by atoms with Gasteiger partial charge in [0.05, 0.1) is 28.6 Å². The Morgan fingerprint density at radius 1 is 1.12 bits per heavy atom. The third-order valence-electron chi connectivity index (χ3n) is 2.53. The highest BCUT2D eigenvalue weighted by Gasteiger charge is 2.09. The number of hydrogen-bond donors (Lipinski definition) is 0. The van der Waals surface area contributed by atoms with Crippen LogP contribution in [0.4, 0.5) is 0 Å². The highest BCUT2D eigenvalue weighted by molar-refractivity contribution is 9.10. The third-order valence-corrected chi connectivity index (χ3v) is 3.48. The number of fused-ring (bicyclic) bond motifs is 1. The van der Waals surface area contributed by atoms with Crippen molar-refractivity contribution in [2.24, 2.45) is 0 Å². The van der Waals surface area contributed by atoms with Crippen LogP contribution in [0, 0.1) is 0 Å². The molecular weight excluding hydrogens is 302 g/mol. The zero-order valence-corrected chi connectivity index (χ0v) is 11.0. The first-order valence-corrected chi connectivity index (χ1v) is 6.16. The van der Waals surface area contributed by atoms with Crippen LogP contribution in [0.3, 0.4) is 0 Å². The van der Waals surface area contributed by atoms with Crippen molar-refractivity contribution in [3.63, 3.8) is 0 Å². The van der Waals surface area contributed by atoms with Gasteiger partial charge in [0.1, 0.15) is 0 Å². The average Bonchev–Trinajstić information content (AvgIpc) is 2.75. The molecule has 1 aromatic carbocycles. The van der Waals surface area contributed by atoms with Gasteiger partial charge < -0.3 is 0 Å². The summed E-state index contributed by atoms with van der Waals surface area (Å²) in [5.74, 6) is 0. The van der Waals surface area contributed by atoms with Crippen molar-refractivity contribution in [1.29, 1.82) is 0 Å². The van der Waals surface area contributed by atoms with Crippen molar-refractivity contribution in [2.45, 2.75) is 0 Å². The fourth-order valence-corrected chi connectivity index (χ4v) is 2.36. The molecule has 3 rings (SSSR count). The van der Waals surface area contributed by atoms with Gasteiger partial charge in [0, 0.05) is 16.1 Å². The number of halogens is 2. The average molecular weight is 309 g/mol. The molecule has 0 unspecified atom stereocenters. The first kappa shape index (κ1) is 10.7. The molecule has 2 aromatic heterocycles. The van der Waals surface area contributed by atoms with Crippen molar-refractivity contribution in [2.75, 3.05) is 0 Å². The van der Waals surface area contributed by atoms with E-state index in [9.17, 15) is 0 Å². The van der Waals surface area contributed by atoms with Crippen LogP contribution >= 0.6 is 27.5 Å². The fraction of sp³-hybridized carbons (Fsp3) is 0. The van der Waals surface area contributed by atoms with Gasteiger partial charge in [-0.05, 0) is 28.1 Å². The summed E-state index contributed by atoms with van der Waals surface area (Å²) in [4.78, 5) is 4.15. The number of para-hydroxylation sites is 1. The molecule has 84 valence electrons. The summed E-state index contributed by atoms with van der Waals surface area (Å²) in [5, 5.41) is 6.03. The van der Waals surface area contributed by atoms with E-state index < -0.39 is 0 Å². The Morgan fingerprint density at radius 2 is 1.94 bits per heavy atom. The predicted molar refractivity (Wildman–Crippen MR) is 71.6 cm³/mol. The van der Waals surface area contributed by atoms with Gasteiger partial charge in [-0.15, -0.1) is 0 Å². The summed E-state index contributed by atoms with van der Waals surface area (Å²) in [5.41, 5.74) is 1.77. The lowest BCUT2D eigenvalue weighted by Crippen LogP contribution is -1.96.